The zero-order chi connectivity index (χ0) is 14.8. The minimum Gasteiger partial charge on any atom is -0.465 e. The molecule has 0 atom stereocenters. The first-order valence-electron chi connectivity index (χ1n) is 5.38. The van der Waals surface area contributed by atoms with Gasteiger partial charge in [0.25, 0.3) is 10.0 Å². The number of carbonyl (C=O) groups excluding carboxylic acids is 1. The Bertz CT molecular complexity index is 722. The lowest BCUT2D eigenvalue weighted by Crippen LogP contribution is -2.14. The number of hydrogen-bond donors (Lipinski definition) is 1. The molecular weight excluding hydrogens is 366 g/mol. The summed E-state index contributed by atoms with van der Waals surface area (Å²) in [6.45, 7) is 0. The molecule has 0 bridgehead atoms. The molecule has 1 heterocycles. The number of halogens is 1. The van der Waals surface area contributed by atoms with Crippen molar-refractivity contribution in [3.63, 3.8) is 0 Å². The summed E-state index contributed by atoms with van der Waals surface area (Å²) in [4.78, 5) is 11.6. The maximum atomic E-state index is 12.2. The van der Waals surface area contributed by atoms with E-state index in [1.165, 1.54) is 25.3 Å². The fourth-order valence-corrected chi connectivity index (χ4v) is 3.82. The summed E-state index contributed by atoms with van der Waals surface area (Å²) < 4.78 is 32.2. The fraction of sp³-hybridized carbons (Fsp3) is 0.0833. The van der Waals surface area contributed by atoms with Gasteiger partial charge in [-0.2, -0.15) is 0 Å². The van der Waals surface area contributed by atoms with E-state index >= 15 is 0 Å². The van der Waals surface area contributed by atoms with Gasteiger partial charge in [0.15, 0.2) is 0 Å². The quantitative estimate of drug-likeness (QED) is 0.833. The number of thiophene rings is 1. The Morgan fingerprint density at radius 3 is 2.50 bits per heavy atom. The zero-order valence-corrected chi connectivity index (χ0v) is 13.5. The van der Waals surface area contributed by atoms with Crippen molar-refractivity contribution in [3.05, 3.63) is 45.7 Å². The summed E-state index contributed by atoms with van der Waals surface area (Å²) in [6.07, 6.45) is 0. The predicted octanol–water partition coefficient (Wildman–Crippen LogP) is 3.10. The molecule has 0 fully saturated rings. The van der Waals surface area contributed by atoms with Crippen LogP contribution >= 0.6 is 27.3 Å². The maximum Gasteiger partial charge on any atom is 0.340 e. The van der Waals surface area contributed by atoms with Crippen LogP contribution in [0.4, 0.5) is 5.00 Å². The van der Waals surface area contributed by atoms with E-state index < -0.39 is 16.0 Å². The van der Waals surface area contributed by atoms with Gasteiger partial charge < -0.3 is 4.74 Å². The van der Waals surface area contributed by atoms with Crippen molar-refractivity contribution in [2.24, 2.45) is 0 Å². The molecule has 1 aromatic heterocycles. The lowest BCUT2D eigenvalue weighted by Gasteiger charge is -2.08. The second-order valence-electron chi connectivity index (χ2n) is 3.71. The number of hydrogen-bond acceptors (Lipinski definition) is 5. The van der Waals surface area contributed by atoms with Crippen LogP contribution in [0.25, 0.3) is 0 Å². The van der Waals surface area contributed by atoms with Crippen LogP contribution in [0, 0.1) is 0 Å². The van der Waals surface area contributed by atoms with E-state index in [2.05, 4.69) is 25.4 Å². The molecule has 0 amide bonds. The largest absolute Gasteiger partial charge is 0.465 e. The number of carbonyl (C=O) groups is 1. The van der Waals surface area contributed by atoms with Gasteiger partial charge in [-0.05, 0) is 35.7 Å². The standard InChI is InChI=1S/C12H10BrNO4S2/c1-18-12(15)10-6-7-19-11(10)14-20(16,17)9-4-2-8(13)3-5-9/h2-7,14H,1H3. The smallest absolute Gasteiger partial charge is 0.340 e. The van der Waals surface area contributed by atoms with E-state index in [1.807, 2.05) is 0 Å². The third-order valence-corrected chi connectivity index (χ3v) is 5.27. The molecule has 0 aliphatic heterocycles. The maximum absolute atomic E-state index is 12.2. The van der Waals surface area contributed by atoms with Gasteiger partial charge >= 0.3 is 5.97 Å². The Morgan fingerprint density at radius 2 is 1.90 bits per heavy atom. The van der Waals surface area contributed by atoms with E-state index in [4.69, 9.17) is 0 Å². The summed E-state index contributed by atoms with van der Waals surface area (Å²) in [6, 6.07) is 7.71. The van der Waals surface area contributed by atoms with Crippen LogP contribution < -0.4 is 4.72 Å². The van der Waals surface area contributed by atoms with E-state index in [9.17, 15) is 13.2 Å². The first kappa shape index (κ1) is 15.0. The molecule has 2 rings (SSSR count). The number of anilines is 1. The Kier molecular flexibility index (Phi) is 4.46. The van der Waals surface area contributed by atoms with Crippen molar-refractivity contribution >= 4 is 48.3 Å². The third-order valence-electron chi connectivity index (χ3n) is 2.42. The first-order valence-corrected chi connectivity index (χ1v) is 8.54. The van der Waals surface area contributed by atoms with Crippen molar-refractivity contribution in [1.29, 1.82) is 0 Å². The summed E-state index contributed by atoms with van der Waals surface area (Å²) in [7, 11) is -2.49. The number of benzene rings is 1. The number of esters is 1. The van der Waals surface area contributed by atoms with Gasteiger partial charge in [0.05, 0.1) is 17.6 Å². The Morgan fingerprint density at radius 1 is 1.25 bits per heavy atom. The lowest BCUT2D eigenvalue weighted by atomic mass is 10.3. The fourth-order valence-electron chi connectivity index (χ4n) is 1.45. The van der Waals surface area contributed by atoms with Gasteiger partial charge in [-0.1, -0.05) is 15.9 Å². The highest BCUT2D eigenvalue weighted by atomic mass is 79.9. The van der Waals surface area contributed by atoms with Gasteiger partial charge in [0.2, 0.25) is 0 Å². The SMILES string of the molecule is COC(=O)c1ccsc1NS(=O)(=O)c1ccc(Br)cc1. The normalized spacial score (nSPS) is 11.1. The summed E-state index contributed by atoms with van der Waals surface area (Å²) in [5.74, 6) is -0.584. The van der Waals surface area contributed by atoms with Crippen molar-refractivity contribution in [3.8, 4) is 0 Å². The van der Waals surface area contributed by atoms with Gasteiger partial charge in [-0.3, -0.25) is 4.72 Å². The van der Waals surface area contributed by atoms with Crippen LogP contribution in [-0.2, 0) is 14.8 Å². The highest BCUT2D eigenvalue weighted by Gasteiger charge is 2.20. The van der Waals surface area contributed by atoms with Gasteiger partial charge in [0.1, 0.15) is 5.00 Å². The molecule has 0 spiro atoms. The van der Waals surface area contributed by atoms with E-state index in [0.717, 1.165) is 15.8 Å². The number of ether oxygens (including phenoxy) is 1. The second-order valence-corrected chi connectivity index (χ2v) is 7.23. The van der Waals surface area contributed by atoms with Gasteiger partial charge in [-0.15, -0.1) is 11.3 Å². The second kappa shape index (κ2) is 5.94. The molecule has 2 aromatic rings. The molecule has 20 heavy (non-hydrogen) atoms. The molecule has 0 aliphatic rings. The Hall–Kier alpha value is -1.38. The minimum atomic E-state index is -3.73. The van der Waals surface area contributed by atoms with Crippen molar-refractivity contribution in [2.45, 2.75) is 4.90 Å². The highest BCUT2D eigenvalue weighted by molar-refractivity contribution is 9.10. The van der Waals surface area contributed by atoms with Crippen LogP contribution in [0.15, 0.2) is 45.1 Å². The molecule has 1 aromatic carbocycles. The lowest BCUT2D eigenvalue weighted by molar-refractivity contribution is 0.0602. The predicted molar refractivity (Wildman–Crippen MR) is 80.6 cm³/mol. The Labute approximate surface area is 128 Å². The first-order chi connectivity index (χ1) is 9.44. The molecule has 5 nitrogen and oxygen atoms in total. The van der Waals surface area contributed by atoms with Crippen LogP contribution in [0.1, 0.15) is 10.4 Å². The van der Waals surface area contributed by atoms with E-state index in [-0.39, 0.29) is 15.5 Å². The van der Waals surface area contributed by atoms with Crippen LogP contribution in [0.2, 0.25) is 0 Å². The molecular formula is C12H10BrNO4S2. The molecule has 0 aliphatic carbocycles. The molecule has 106 valence electrons. The van der Waals surface area contributed by atoms with Crippen LogP contribution in [0.3, 0.4) is 0 Å². The van der Waals surface area contributed by atoms with Crippen molar-refractivity contribution in [1.82, 2.24) is 0 Å². The number of rotatable bonds is 4. The monoisotopic (exact) mass is 375 g/mol. The molecule has 1 N–H and O–H groups in total. The summed E-state index contributed by atoms with van der Waals surface area (Å²) in [5.41, 5.74) is 0.193. The van der Waals surface area contributed by atoms with Crippen molar-refractivity contribution in [2.75, 3.05) is 11.8 Å². The summed E-state index contributed by atoms with van der Waals surface area (Å²) in [5, 5.41) is 1.85. The highest BCUT2D eigenvalue weighted by Crippen LogP contribution is 2.27. The average molecular weight is 376 g/mol. The molecule has 0 unspecified atom stereocenters. The molecule has 8 heteroatoms. The van der Waals surface area contributed by atoms with E-state index in [1.54, 1.807) is 17.5 Å². The van der Waals surface area contributed by atoms with Crippen LogP contribution in [0.5, 0.6) is 0 Å². The van der Waals surface area contributed by atoms with Crippen LogP contribution in [-0.4, -0.2) is 21.5 Å². The molecule has 0 radical (unpaired) electrons. The average Bonchev–Trinajstić information content (AvgIpc) is 2.85. The molecule has 0 saturated heterocycles. The van der Waals surface area contributed by atoms with Gasteiger partial charge in [-0.25, -0.2) is 13.2 Å². The topological polar surface area (TPSA) is 72.5 Å². The number of sulfonamides is 1. The van der Waals surface area contributed by atoms with Gasteiger partial charge in [0, 0.05) is 4.47 Å². The summed E-state index contributed by atoms with van der Waals surface area (Å²) >= 11 is 4.36. The minimum absolute atomic E-state index is 0.116. The molecule has 0 saturated carbocycles. The zero-order valence-electron chi connectivity index (χ0n) is 10.3. The van der Waals surface area contributed by atoms with Crippen molar-refractivity contribution < 1.29 is 17.9 Å². The van der Waals surface area contributed by atoms with E-state index in [0.29, 0.717) is 0 Å². The number of methoxy groups -OCH3 is 1. The number of nitrogens with one attached hydrogen (secondary N) is 1. The Balaban J connectivity index is 2.32. The third kappa shape index (κ3) is 3.20.